The summed E-state index contributed by atoms with van der Waals surface area (Å²) in [5, 5.41) is 3.63. The van der Waals surface area contributed by atoms with E-state index in [1.54, 1.807) is 7.11 Å². The Kier molecular flexibility index (Phi) is 3.49. The molecule has 20 heavy (non-hydrogen) atoms. The van der Waals surface area contributed by atoms with Gasteiger partial charge in [-0.2, -0.15) is 0 Å². The molecule has 0 fully saturated rings. The van der Waals surface area contributed by atoms with Gasteiger partial charge in [0.2, 0.25) is 0 Å². The molecule has 0 saturated heterocycles. The van der Waals surface area contributed by atoms with Gasteiger partial charge in [0.15, 0.2) is 0 Å². The van der Waals surface area contributed by atoms with Crippen LogP contribution in [0.3, 0.4) is 0 Å². The van der Waals surface area contributed by atoms with E-state index in [1.165, 1.54) is 27.8 Å². The highest BCUT2D eigenvalue weighted by Gasteiger charge is 2.24. The zero-order chi connectivity index (χ0) is 14.1. The average molecular weight is 267 g/mol. The number of hydrogen-bond donors (Lipinski definition) is 1. The second-order valence-electron chi connectivity index (χ2n) is 5.47. The highest BCUT2D eigenvalue weighted by molar-refractivity contribution is 5.51. The van der Waals surface area contributed by atoms with Crippen molar-refractivity contribution in [3.05, 3.63) is 64.2 Å². The van der Waals surface area contributed by atoms with Crippen molar-refractivity contribution in [1.82, 2.24) is 5.32 Å². The van der Waals surface area contributed by atoms with Crippen molar-refractivity contribution in [1.29, 1.82) is 0 Å². The molecule has 2 aromatic carbocycles. The van der Waals surface area contributed by atoms with E-state index in [9.17, 15) is 0 Å². The molecule has 2 heteroatoms. The van der Waals surface area contributed by atoms with Crippen LogP contribution in [0, 0.1) is 13.8 Å². The molecule has 1 atom stereocenters. The smallest absolute Gasteiger partial charge is 0.127 e. The second-order valence-corrected chi connectivity index (χ2v) is 5.47. The SMILES string of the molecule is COc1c(C2NCCc3ccccc32)ccc(C)c1C. The summed E-state index contributed by atoms with van der Waals surface area (Å²) in [5.41, 5.74) is 6.56. The van der Waals surface area contributed by atoms with Crippen molar-refractivity contribution in [2.75, 3.05) is 13.7 Å². The van der Waals surface area contributed by atoms with Gasteiger partial charge in [0.05, 0.1) is 13.2 Å². The van der Waals surface area contributed by atoms with Crippen LogP contribution in [0.2, 0.25) is 0 Å². The van der Waals surface area contributed by atoms with Gasteiger partial charge in [-0.15, -0.1) is 0 Å². The Hall–Kier alpha value is -1.80. The first-order valence-corrected chi connectivity index (χ1v) is 7.17. The number of hydrogen-bond acceptors (Lipinski definition) is 2. The van der Waals surface area contributed by atoms with Gasteiger partial charge < -0.3 is 10.1 Å². The third-order valence-corrected chi connectivity index (χ3v) is 4.33. The quantitative estimate of drug-likeness (QED) is 0.898. The number of benzene rings is 2. The number of methoxy groups -OCH3 is 1. The molecule has 1 aliphatic heterocycles. The van der Waals surface area contributed by atoms with E-state index >= 15 is 0 Å². The van der Waals surface area contributed by atoms with Crippen molar-refractivity contribution >= 4 is 0 Å². The van der Waals surface area contributed by atoms with Gasteiger partial charge >= 0.3 is 0 Å². The Morgan fingerprint density at radius 2 is 1.85 bits per heavy atom. The van der Waals surface area contributed by atoms with E-state index in [4.69, 9.17) is 4.74 Å². The van der Waals surface area contributed by atoms with Gasteiger partial charge in [-0.3, -0.25) is 0 Å². The fourth-order valence-electron chi connectivity index (χ4n) is 3.09. The minimum Gasteiger partial charge on any atom is -0.496 e. The van der Waals surface area contributed by atoms with Crippen LogP contribution < -0.4 is 10.1 Å². The van der Waals surface area contributed by atoms with Gasteiger partial charge in [0.1, 0.15) is 5.75 Å². The number of nitrogens with one attached hydrogen (secondary N) is 1. The molecule has 1 N–H and O–H groups in total. The molecule has 0 saturated carbocycles. The lowest BCUT2D eigenvalue weighted by molar-refractivity contribution is 0.399. The Balaban J connectivity index is 2.13. The van der Waals surface area contributed by atoms with Crippen molar-refractivity contribution in [2.45, 2.75) is 26.3 Å². The summed E-state index contributed by atoms with van der Waals surface area (Å²) in [7, 11) is 1.76. The van der Waals surface area contributed by atoms with Crippen LogP contribution in [-0.4, -0.2) is 13.7 Å². The van der Waals surface area contributed by atoms with Gasteiger partial charge in [-0.1, -0.05) is 36.4 Å². The zero-order valence-electron chi connectivity index (χ0n) is 12.4. The van der Waals surface area contributed by atoms with Crippen LogP contribution >= 0.6 is 0 Å². The van der Waals surface area contributed by atoms with Gasteiger partial charge in [-0.25, -0.2) is 0 Å². The summed E-state index contributed by atoms with van der Waals surface area (Å²) < 4.78 is 5.69. The van der Waals surface area contributed by atoms with E-state index in [0.717, 1.165) is 18.7 Å². The first-order valence-electron chi connectivity index (χ1n) is 7.17. The fraction of sp³-hybridized carbons (Fsp3) is 0.333. The summed E-state index contributed by atoms with van der Waals surface area (Å²) >= 11 is 0. The van der Waals surface area contributed by atoms with Crippen molar-refractivity contribution in [3.63, 3.8) is 0 Å². The molecule has 0 aliphatic carbocycles. The van der Waals surface area contributed by atoms with Crippen LogP contribution in [0.1, 0.15) is 33.9 Å². The highest BCUT2D eigenvalue weighted by Crippen LogP contribution is 2.36. The van der Waals surface area contributed by atoms with E-state index in [2.05, 4.69) is 55.6 Å². The van der Waals surface area contributed by atoms with Gasteiger partial charge in [-0.05, 0) is 42.5 Å². The van der Waals surface area contributed by atoms with Crippen molar-refractivity contribution < 1.29 is 4.74 Å². The number of ether oxygens (including phenoxy) is 1. The maximum Gasteiger partial charge on any atom is 0.127 e. The van der Waals surface area contributed by atoms with Crippen LogP contribution in [0.25, 0.3) is 0 Å². The third kappa shape index (κ3) is 2.10. The molecule has 2 aromatic rings. The normalized spacial score (nSPS) is 17.6. The molecular formula is C18H21NO. The Morgan fingerprint density at radius 1 is 1.05 bits per heavy atom. The van der Waals surface area contributed by atoms with Crippen LogP contribution in [0.4, 0.5) is 0 Å². The summed E-state index contributed by atoms with van der Waals surface area (Å²) in [5.74, 6) is 1.01. The summed E-state index contributed by atoms with van der Waals surface area (Å²) in [6, 6.07) is 13.3. The van der Waals surface area contributed by atoms with Crippen molar-refractivity contribution in [3.8, 4) is 5.75 Å². The average Bonchev–Trinajstić information content (AvgIpc) is 2.49. The standard InChI is InChI=1S/C18H21NO/c1-12-8-9-16(18(20-3)13(12)2)17-15-7-5-4-6-14(15)10-11-19-17/h4-9,17,19H,10-11H2,1-3H3. The van der Waals surface area contributed by atoms with Crippen LogP contribution in [-0.2, 0) is 6.42 Å². The zero-order valence-corrected chi connectivity index (χ0v) is 12.4. The Labute approximate surface area is 120 Å². The van der Waals surface area contributed by atoms with Gasteiger partial charge in [0, 0.05) is 12.1 Å². The predicted octanol–water partition coefficient (Wildman–Crippen LogP) is 3.55. The molecule has 3 rings (SSSR count). The van der Waals surface area contributed by atoms with Crippen LogP contribution in [0.15, 0.2) is 36.4 Å². The summed E-state index contributed by atoms with van der Waals surface area (Å²) in [6.45, 7) is 5.27. The topological polar surface area (TPSA) is 21.3 Å². The number of aryl methyl sites for hydroxylation is 1. The maximum absolute atomic E-state index is 5.69. The lowest BCUT2D eigenvalue weighted by Gasteiger charge is -2.29. The molecule has 0 amide bonds. The predicted molar refractivity (Wildman–Crippen MR) is 82.5 cm³/mol. The molecule has 0 radical (unpaired) electrons. The minimum absolute atomic E-state index is 0.231. The Bertz CT molecular complexity index is 633. The Morgan fingerprint density at radius 3 is 2.65 bits per heavy atom. The summed E-state index contributed by atoms with van der Waals surface area (Å²) in [4.78, 5) is 0. The molecule has 1 unspecified atom stereocenters. The maximum atomic E-state index is 5.69. The number of fused-ring (bicyclic) bond motifs is 1. The second kappa shape index (κ2) is 5.29. The molecule has 1 aliphatic rings. The molecule has 2 nitrogen and oxygen atoms in total. The lowest BCUT2D eigenvalue weighted by atomic mass is 9.88. The van der Waals surface area contributed by atoms with E-state index in [-0.39, 0.29) is 6.04 Å². The van der Waals surface area contributed by atoms with E-state index in [0.29, 0.717) is 0 Å². The first kappa shape index (κ1) is 13.2. The van der Waals surface area contributed by atoms with Crippen LogP contribution in [0.5, 0.6) is 5.75 Å². The monoisotopic (exact) mass is 267 g/mol. The van der Waals surface area contributed by atoms with E-state index in [1.807, 2.05) is 0 Å². The fourth-order valence-corrected chi connectivity index (χ4v) is 3.09. The highest BCUT2D eigenvalue weighted by atomic mass is 16.5. The molecule has 1 heterocycles. The van der Waals surface area contributed by atoms with Gasteiger partial charge in [0.25, 0.3) is 0 Å². The molecular weight excluding hydrogens is 246 g/mol. The molecule has 104 valence electrons. The van der Waals surface area contributed by atoms with Crippen molar-refractivity contribution in [2.24, 2.45) is 0 Å². The molecule has 0 spiro atoms. The molecule has 0 aromatic heterocycles. The molecule has 0 bridgehead atoms. The third-order valence-electron chi connectivity index (χ3n) is 4.33. The minimum atomic E-state index is 0.231. The van der Waals surface area contributed by atoms with E-state index < -0.39 is 0 Å². The summed E-state index contributed by atoms with van der Waals surface area (Å²) in [6.07, 6.45) is 1.10. The lowest BCUT2D eigenvalue weighted by Crippen LogP contribution is -2.30. The number of rotatable bonds is 2. The largest absolute Gasteiger partial charge is 0.496 e. The first-order chi connectivity index (χ1) is 9.72.